The van der Waals surface area contributed by atoms with E-state index < -0.39 is 0 Å². The lowest BCUT2D eigenvalue weighted by atomic mass is 10.1. The van der Waals surface area contributed by atoms with E-state index in [9.17, 15) is 4.79 Å². The van der Waals surface area contributed by atoms with E-state index in [0.717, 1.165) is 16.7 Å². The molecule has 1 heteroatoms. The summed E-state index contributed by atoms with van der Waals surface area (Å²) in [4.78, 5) is 11.4. The fourth-order valence-electron chi connectivity index (χ4n) is 2.02. The molecule has 0 amide bonds. The summed E-state index contributed by atoms with van der Waals surface area (Å²) in [5.41, 5.74) is 6.68. The average Bonchev–Trinajstić information content (AvgIpc) is 2.55. The molecular formula is C21H18O. The van der Waals surface area contributed by atoms with E-state index >= 15 is 0 Å². The van der Waals surface area contributed by atoms with Crippen molar-refractivity contribution in [2.24, 2.45) is 0 Å². The summed E-state index contributed by atoms with van der Waals surface area (Å²) in [6.45, 7) is 3.53. The first-order valence-corrected chi connectivity index (χ1v) is 7.33. The smallest absolute Gasteiger partial charge is 0.163 e. The number of carbonyl (C=O) groups is 1. The van der Waals surface area contributed by atoms with Gasteiger partial charge in [0.25, 0.3) is 0 Å². The van der Waals surface area contributed by atoms with Gasteiger partial charge < -0.3 is 0 Å². The lowest BCUT2D eigenvalue weighted by Crippen LogP contribution is -1.92. The van der Waals surface area contributed by atoms with Crippen LogP contribution in [0.15, 0.2) is 65.9 Å². The summed E-state index contributed by atoms with van der Waals surface area (Å²) in [5, 5.41) is 0. The number of ketones is 1. The molecule has 0 atom stereocenters. The first-order valence-electron chi connectivity index (χ1n) is 7.33. The third-order valence-electron chi connectivity index (χ3n) is 3.26. The second kappa shape index (κ2) is 7.84. The second-order valence-electron chi connectivity index (χ2n) is 4.88. The summed E-state index contributed by atoms with van der Waals surface area (Å²) in [7, 11) is 0. The van der Waals surface area contributed by atoms with Gasteiger partial charge in [0.1, 0.15) is 0 Å². The normalized spacial score (nSPS) is 9.18. The Kier molecular flexibility index (Phi) is 5.55. The van der Waals surface area contributed by atoms with Crippen LogP contribution in [-0.4, -0.2) is 5.78 Å². The lowest BCUT2D eigenvalue weighted by Gasteiger charge is -1.97. The standard InChI is InChI=1S/C21H18O/c1-3-19(17(2)22)15-16-21-12-8-7-11-20(21)14-13-18-9-5-4-6-10-18/h4-12,16H,3H2,1-2H3. The maximum atomic E-state index is 11.4. The number of allylic oxidation sites excluding steroid dienone is 1. The van der Waals surface area contributed by atoms with Crippen LogP contribution in [0.2, 0.25) is 0 Å². The van der Waals surface area contributed by atoms with Crippen molar-refractivity contribution in [2.75, 3.05) is 0 Å². The molecule has 2 aromatic rings. The summed E-state index contributed by atoms with van der Waals surface area (Å²) < 4.78 is 0. The Hall–Kier alpha value is -2.81. The Morgan fingerprint density at radius 2 is 1.68 bits per heavy atom. The highest BCUT2D eigenvalue weighted by molar-refractivity contribution is 5.93. The fourth-order valence-corrected chi connectivity index (χ4v) is 2.02. The van der Waals surface area contributed by atoms with Crippen molar-refractivity contribution in [3.63, 3.8) is 0 Å². The number of hydrogen-bond acceptors (Lipinski definition) is 1. The molecule has 0 fully saturated rings. The molecule has 0 aliphatic carbocycles. The molecule has 0 saturated heterocycles. The zero-order valence-electron chi connectivity index (χ0n) is 12.9. The summed E-state index contributed by atoms with van der Waals surface area (Å²) >= 11 is 0. The van der Waals surface area contributed by atoms with Crippen LogP contribution < -0.4 is 0 Å². The van der Waals surface area contributed by atoms with Gasteiger partial charge in [-0.25, -0.2) is 0 Å². The summed E-state index contributed by atoms with van der Waals surface area (Å²) in [6, 6.07) is 17.8. The highest BCUT2D eigenvalue weighted by Gasteiger charge is 1.99. The Bertz CT molecular complexity index is 779. The Labute approximate surface area is 132 Å². The van der Waals surface area contributed by atoms with Gasteiger partial charge in [-0.3, -0.25) is 4.79 Å². The molecule has 0 N–H and O–H groups in total. The maximum absolute atomic E-state index is 11.4. The van der Waals surface area contributed by atoms with Crippen molar-refractivity contribution >= 4 is 11.9 Å². The highest BCUT2D eigenvalue weighted by atomic mass is 16.1. The van der Waals surface area contributed by atoms with Crippen LogP contribution in [0.3, 0.4) is 0 Å². The third-order valence-corrected chi connectivity index (χ3v) is 3.26. The van der Waals surface area contributed by atoms with E-state index in [-0.39, 0.29) is 5.78 Å². The van der Waals surface area contributed by atoms with E-state index in [1.807, 2.05) is 67.6 Å². The molecule has 0 spiro atoms. The quantitative estimate of drug-likeness (QED) is 0.457. The van der Waals surface area contributed by atoms with E-state index in [4.69, 9.17) is 0 Å². The third kappa shape index (κ3) is 4.35. The Morgan fingerprint density at radius 3 is 2.36 bits per heavy atom. The zero-order chi connectivity index (χ0) is 15.8. The molecule has 2 aromatic carbocycles. The van der Waals surface area contributed by atoms with E-state index in [0.29, 0.717) is 12.0 Å². The molecule has 22 heavy (non-hydrogen) atoms. The number of hydrogen-bond donors (Lipinski definition) is 0. The topological polar surface area (TPSA) is 17.1 Å². The van der Waals surface area contributed by atoms with Gasteiger partial charge in [-0.2, -0.15) is 0 Å². The van der Waals surface area contributed by atoms with Crippen molar-refractivity contribution in [1.29, 1.82) is 0 Å². The van der Waals surface area contributed by atoms with Crippen LogP contribution in [0, 0.1) is 11.8 Å². The predicted octanol–water partition coefficient (Wildman–Crippen LogP) is 4.62. The fraction of sp³-hybridized carbons (Fsp3) is 0.143. The van der Waals surface area contributed by atoms with Crippen LogP contribution in [0.4, 0.5) is 0 Å². The number of rotatable bonds is 3. The summed E-state index contributed by atoms with van der Waals surface area (Å²) in [5.74, 6) is 6.40. The first kappa shape index (κ1) is 15.6. The molecule has 108 valence electrons. The molecule has 0 aliphatic rings. The van der Waals surface area contributed by atoms with Gasteiger partial charge in [0.05, 0.1) is 0 Å². The minimum Gasteiger partial charge on any atom is -0.294 e. The second-order valence-corrected chi connectivity index (χ2v) is 4.88. The monoisotopic (exact) mass is 286 g/mol. The molecular weight excluding hydrogens is 268 g/mol. The maximum Gasteiger partial charge on any atom is 0.163 e. The largest absolute Gasteiger partial charge is 0.294 e. The van der Waals surface area contributed by atoms with Gasteiger partial charge in [-0.05, 0) is 43.2 Å². The van der Waals surface area contributed by atoms with E-state index in [1.54, 1.807) is 6.92 Å². The molecule has 2 rings (SSSR count). The van der Waals surface area contributed by atoms with Crippen LogP contribution >= 0.6 is 0 Å². The minimum absolute atomic E-state index is 0.0617. The van der Waals surface area contributed by atoms with Crippen molar-refractivity contribution in [3.8, 4) is 11.8 Å². The molecule has 1 nitrogen and oxygen atoms in total. The Balaban J connectivity index is 2.38. The van der Waals surface area contributed by atoms with Crippen LogP contribution in [0.5, 0.6) is 0 Å². The van der Waals surface area contributed by atoms with Gasteiger partial charge >= 0.3 is 0 Å². The summed E-state index contributed by atoms with van der Waals surface area (Å²) in [6.07, 6.45) is 2.53. The number of benzene rings is 2. The number of Topliss-reactive ketones (excluding diaryl/α,β-unsaturated/α-hetero) is 1. The first-order chi connectivity index (χ1) is 10.7. The van der Waals surface area contributed by atoms with Crippen LogP contribution in [0.25, 0.3) is 6.08 Å². The predicted molar refractivity (Wildman–Crippen MR) is 91.3 cm³/mol. The zero-order valence-corrected chi connectivity index (χ0v) is 12.9. The van der Waals surface area contributed by atoms with Gasteiger partial charge in [0, 0.05) is 16.7 Å². The highest BCUT2D eigenvalue weighted by Crippen LogP contribution is 2.11. The molecule has 0 radical (unpaired) electrons. The van der Waals surface area contributed by atoms with E-state index in [1.165, 1.54) is 0 Å². The molecule has 0 saturated carbocycles. The molecule has 0 aromatic heterocycles. The number of carbonyl (C=O) groups excluding carboxylic acids is 1. The van der Waals surface area contributed by atoms with Crippen molar-refractivity contribution in [2.45, 2.75) is 20.3 Å². The van der Waals surface area contributed by atoms with Crippen molar-refractivity contribution < 1.29 is 4.79 Å². The minimum atomic E-state index is 0.0617. The van der Waals surface area contributed by atoms with Crippen molar-refractivity contribution in [1.82, 2.24) is 0 Å². The molecule has 0 bridgehead atoms. The van der Waals surface area contributed by atoms with Crippen LogP contribution in [0.1, 0.15) is 37.0 Å². The van der Waals surface area contributed by atoms with Gasteiger partial charge in [0.15, 0.2) is 5.78 Å². The molecule has 0 aliphatic heterocycles. The van der Waals surface area contributed by atoms with Gasteiger partial charge in [-0.1, -0.05) is 55.2 Å². The van der Waals surface area contributed by atoms with E-state index in [2.05, 4.69) is 17.6 Å². The van der Waals surface area contributed by atoms with Crippen LogP contribution in [-0.2, 0) is 4.79 Å². The molecule has 0 heterocycles. The molecule has 0 unspecified atom stereocenters. The van der Waals surface area contributed by atoms with Gasteiger partial charge in [0.2, 0.25) is 0 Å². The Morgan fingerprint density at radius 1 is 1.00 bits per heavy atom. The van der Waals surface area contributed by atoms with Crippen molar-refractivity contribution in [3.05, 3.63) is 82.6 Å². The average molecular weight is 286 g/mol. The lowest BCUT2D eigenvalue weighted by molar-refractivity contribution is -0.113. The van der Waals surface area contributed by atoms with Gasteiger partial charge in [-0.15, -0.1) is 5.73 Å². The SMILES string of the molecule is CCC(=C=Cc1ccccc1C#Cc1ccccc1)C(C)=O.